The van der Waals surface area contributed by atoms with Gasteiger partial charge in [0.15, 0.2) is 0 Å². The van der Waals surface area contributed by atoms with Crippen LogP contribution in [0.4, 0.5) is 0 Å². The van der Waals surface area contributed by atoms with Crippen molar-refractivity contribution in [3.63, 3.8) is 0 Å². The zero-order chi connectivity index (χ0) is 24.0. The Morgan fingerprint density at radius 2 is 1.62 bits per heavy atom. The third-order valence-electron chi connectivity index (χ3n) is 6.30. The molecule has 168 valence electrons. The van der Waals surface area contributed by atoms with Gasteiger partial charge in [-0.05, 0) is 66.2 Å². The Bertz CT molecular complexity index is 1600. The van der Waals surface area contributed by atoms with Crippen LogP contribution in [0.5, 0.6) is 0 Å². The van der Waals surface area contributed by atoms with E-state index >= 15 is 0 Å². The number of nitrogens with zero attached hydrogens (tertiary/aromatic N) is 2. The van der Waals surface area contributed by atoms with E-state index in [0.717, 1.165) is 54.9 Å². The van der Waals surface area contributed by atoms with Gasteiger partial charge in [0.1, 0.15) is 5.65 Å². The first-order valence-electron chi connectivity index (χ1n) is 11.3. The minimum Gasteiger partial charge on any atom is -0.404 e. The zero-order valence-corrected chi connectivity index (χ0v) is 19.7. The van der Waals surface area contributed by atoms with Crippen LogP contribution in [0, 0.1) is 0 Å². The van der Waals surface area contributed by atoms with Crippen molar-refractivity contribution < 1.29 is 9.31 Å². The van der Waals surface area contributed by atoms with E-state index in [-0.39, 0.29) is 12.7 Å². The molecule has 4 nitrogen and oxygen atoms in total. The summed E-state index contributed by atoms with van der Waals surface area (Å²) in [4.78, 5) is 5.01. The van der Waals surface area contributed by atoms with Crippen molar-refractivity contribution in [1.82, 2.24) is 9.38 Å². The average Bonchev–Trinajstić information content (AvgIpc) is 3.44. The number of rotatable bonds is 3. The second-order valence-electron chi connectivity index (χ2n) is 8.99. The molecule has 34 heavy (non-hydrogen) atoms. The van der Waals surface area contributed by atoms with Crippen molar-refractivity contribution >= 4 is 63.1 Å². The third kappa shape index (κ3) is 3.36. The summed E-state index contributed by atoms with van der Waals surface area (Å²) in [7, 11) is -0.373. The third-order valence-corrected chi connectivity index (χ3v) is 6.30. The van der Waals surface area contributed by atoms with Gasteiger partial charge in [0, 0.05) is 10.8 Å². The van der Waals surface area contributed by atoms with E-state index in [1.165, 1.54) is 0 Å². The first-order chi connectivity index (χ1) is 16.5. The monoisotopic (exact) mass is 446 g/mol. The Morgan fingerprint density at radius 1 is 0.912 bits per heavy atom. The molecule has 0 aliphatic carbocycles. The van der Waals surface area contributed by atoms with E-state index in [9.17, 15) is 0 Å². The second-order valence-corrected chi connectivity index (χ2v) is 8.99. The molecule has 0 N–H and O–H groups in total. The molecule has 5 aromatic rings. The summed E-state index contributed by atoms with van der Waals surface area (Å²) < 4.78 is 14.4. The van der Waals surface area contributed by atoms with E-state index in [1.54, 1.807) is 0 Å². The number of aromatic nitrogens is 2. The number of fused-ring (bicyclic) bond motifs is 8. The molecule has 1 fully saturated rings. The number of benzene rings is 3. The van der Waals surface area contributed by atoms with Crippen LogP contribution in [-0.4, -0.2) is 28.7 Å². The standard InChI is InChI=1S/C27H23BN2O2.C2H4/c1-5-17-13-21-20-12-11-19(28-31-16-27(3,4)32-28)15-25(20)30-24-10-8-7-9-23(24)29-26(30)22(21)14-18(17)6-2;1-2/h5-15H,1-2,16H2,3-4H3;1-2H2. The van der Waals surface area contributed by atoms with E-state index < -0.39 is 0 Å². The summed E-state index contributed by atoms with van der Waals surface area (Å²) in [5.74, 6) is 0. The molecular formula is C29H27BN2O2. The molecular weight excluding hydrogens is 419 g/mol. The Morgan fingerprint density at radius 3 is 2.29 bits per heavy atom. The SMILES string of the molecule is C=C.C=Cc1cc2c3ccc(B4OCC(C)(C)O4)cc3n3c4ccccc4nc3c2cc1C=C. The highest BCUT2D eigenvalue weighted by molar-refractivity contribution is 6.62. The molecule has 0 radical (unpaired) electrons. The zero-order valence-electron chi connectivity index (χ0n) is 19.7. The van der Waals surface area contributed by atoms with Crippen LogP contribution in [-0.2, 0) is 9.31 Å². The normalized spacial score (nSPS) is 15.1. The van der Waals surface area contributed by atoms with Crippen LogP contribution in [0.15, 0.2) is 80.9 Å². The van der Waals surface area contributed by atoms with Crippen LogP contribution >= 0.6 is 0 Å². The highest BCUT2D eigenvalue weighted by Gasteiger charge is 2.38. The van der Waals surface area contributed by atoms with E-state index in [4.69, 9.17) is 14.3 Å². The summed E-state index contributed by atoms with van der Waals surface area (Å²) in [5, 5.41) is 3.38. The lowest BCUT2D eigenvalue weighted by atomic mass is 9.78. The molecule has 0 atom stereocenters. The van der Waals surface area contributed by atoms with E-state index in [0.29, 0.717) is 6.61 Å². The van der Waals surface area contributed by atoms with Gasteiger partial charge in [-0.1, -0.05) is 49.6 Å². The fraction of sp³-hybridized carbons (Fsp3) is 0.138. The van der Waals surface area contributed by atoms with Crippen molar-refractivity contribution in [2.45, 2.75) is 19.4 Å². The van der Waals surface area contributed by atoms with Crippen LogP contribution < -0.4 is 5.46 Å². The average molecular weight is 446 g/mol. The maximum Gasteiger partial charge on any atom is 0.494 e. The molecule has 0 bridgehead atoms. The van der Waals surface area contributed by atoms with Gasteiger partial charge < -0.3 is 9.31 Å². The number of imidazole rings is 1. The predicted octanol–water partition coefficient (Wildman–Crippen LogP) is 6.40. The lowest BCUT2D eigenvalue weighted by Gasteiger charge is -2.16. The quantitative estimate of drug-likeness (QED) is 0.183. The minimum atomic E-state index is -0.373. The number of hydrogen-bond acceptors (Lipinski definition) is 3. The van der Waals surface area contributed by atoms with Crippen molar-refractivity contribution in [1.29, 1.82) is 0 Å². The van der Waals surface area contributed by atoms with Crippen LogP contribution in [0.1, 0.15) is 25.0 Å². The topological polar surface area (TPSA) is 35.8 Å². The smallest absolute Gasteiger partial charge is 0.404 e. The highest BCUT2D eigenvalue weighted by Crippen LogP contribution is 2.34. The molecule has 5 heteroatoms. The Hall–Kier alpha value is -3.67. The molecule has 0 saturated carbocycles. The summed E-state index contributed by atoms with van der Waals surface area (Å²) in [5.41, 5.74) is 6.88. The first kappa shape index (κ1) is 22.1. The fourth-order valence-corrected chi connectivity index (χ4v) is 4.75. The highest BCUT2D eigenvalue weighted by atomic mass is 16.7. The summed E-state index contributed by atoms with van der Waals surface area (Å²) in [6.45, 7) is 18.7. The first-order valence-corrected chi connectivity index (χ1v) is 11.3. The molecule has 1 saturated heterocycles. The largest absolute Gasteiger partial charge is 0.494 e. The van der Waals surface area contributed by atoms with Gasteiger partial charge in [-0.2, -0.15) is 0 Å². The van der Waals surface area contributed by atoms with Gasteiger partial charge in [0.05, 0.1) is 28.8 Å². The summed E-state index contributed by atoms with van der Waals surface area (Å²) >= 11 is 0. The molecule has 1 aliphatic rings. The van der Waals surface area contributed by atoms with Gasteiger partial charge in [0.25, 0.3) is 0 Å². The molecule has 0 amide bonds. The number of hydrogen-bond donors (Lipinski definition) is 0. The Labute approximate surface area is 200 Å². The van der Waals surface area contributed by atoms with Gasteiger partial charge in [-0.15, -0.1) is 13.2 Å². The molecule has 2 aromatic heterocycles. The van der Waals surface area contributed by atoms with Crippen LogP contribution in [0.3, 0.4) is 0 Å². The lowest BCUT2D eigenvalue weighted by molar-refractivity contribution is 0.137. The molecule has 3 heterocycles. The molecule has 0 unspecified atom stereocenters. The lowest BCUT2D eigenvalue weighted by Crippen LogP contribution is -2.34. The van der Waals surface area contributed by atoms with E-state index in [1.807, 2.05) is 18.2 Å². The predicted molar refractivity (Wildman–Crippen MR) is 146 cm³/mol. The van der Waals surface area contributed by atoms with Gasteiger partial charge in [-0.3, -0.25) is 4.40 Å². The minimum absolute atomic E-state index is 0.292. The Balaban J connectivity index is 0.00000117. The van der Waals surface area contributed by atoms with Crippen molar-refractivity contribution in [2.75, 3.05) is 6.61 Å². The summed E-state index contributed by atoms with van der Waals surface area (Å²) in [6, 6.07) is 19.1. The number of para-hydroxylation sites is 2. The maximum atomic E-state index is 6.15. The van der Waals surface area contributed by atoms with E-state index in [2.05, 4.69) is 93.1 Å². The van der Waals surface area contributed by atoms with Crippen molar-refractivity contribution in [3.05, 3.63) is 92.0 Å². The molecule has 1 aliphatic heterocycles. The fourth-order valence-electron chi connectivity index (χ4n) is 4.75. The molecule has 0 spiro atoms. The van der Waals surface area contributed by atoms with Gasteiger partial charge >= 0.3 is 7.12 Å². The number of pyridine rings is 1. The maximum absolute atomic E-state index is 6.15. The Kier molecular flexibility index (Phi) is 5.39. The molecule has 3 aromatic carbocycles. The van der Waals surface area contributed by atoms with Gasteiger partial charge in [-0.25, -0.2) is 4.98 Å². The van der Waals surface area contributed by atoms with Crippen molar-refractivity contribution in [2.24, 2.45) is 0 Å². The van der Waals surface area contributed by atoms with Crippen LogP contribution in [0.25, 0.3) is 50.5 Å². The molecule has 6 rings (SSSR count). The van der Waals surface area contributed by atoms with Crippen LogP contribution in [0.2, 0.25) is 0 Å². The second kappa shape index (κ2) is 8.28. The van der Waals surface area contributed by atoms with Crippen molar-refractivity contribution in [3.8, 4) is 0 Å². The summed E-state index contributed by atoms with van der Waals surface area (Å²) in [6.07, 6.45) is 3.75. The van der Waals surface area contributed by atoms with Gasteiger partial charge in [0.2, 0.25) is 0 Å².